The Bertz CT molecular complexity index is 434. The van der Waals surface area contributed by atoms with Crippen molar-refractivity contribution in [3.05, 3.63) is 64.1 Å². The van der Waals surface area contributed by atoms with Gasteiger partial charge in [-0.25, -0.2) is 0 Å². The van der Waals surface area contributed by atoms with E-state index in [1.807, 2.05) is 11.8 Å². The first-order valence-corrected chi connectivity index (χ1v) is 6.96. The van der Waals surface area contributed by atoms with E-state index < -0.39 is 0 Å². The topological polar surface area (TPSA) is 0 Å². The van der Waals surface area contributed by atoms with Gasteiger partial charge in [-0.2, -0.15) is 0 Å². The number of aryl methyl sites for hydroxylation is 1. The molecule has 0 fully saturated rings. The molecule has 0 bridgehead atoms. The summed E-state index contributed by atoms with van der Waals surface area (Å²) in [6.45, 7) is 2.13. The summed E-state index contributed by atoms with van der Waals surface area (Å²) in [7, 11) is 0. The van der Waals surface area contributed by atoms with Crippen molar-refractivity contribution in [1.29, 1.82) is 0 Å². The summed E-state index contributed by atoms with van der Waals surface area (Å²) < 4.78 is 1.15. The number of rotatable bonds is 3. The highest BCUT2D eigenvalue weighted by Gasteiger charge is 1.97. The second kappa shape index (κ2) is 5.55. The Morgan fingerprint density at radius 1 is 1.06 bits per heavy atom. The van der Waals surface area contributed by atoms with E-state index in [9.17, 15) is 0 Å². The molecule has 2 aromatic carbocycles. The molecule has 82 valence electrons. The van der Waals surface area contributed by atoms with E-state index in [0.717, 1.165) is 10.2 Å². The Morgan fingerprint density at radius 3 is 2.62 bits per heavy atom. The van der Waals surface area contributed by atoms with Gasteiger partial charge in [0.2, 0.25) is 0 Å². The van der Waals surface area contributed by atoms with Crippen molar-refractivity contribution in [3.8, 4) is 0 Å². The van der Waals surface area contributed by atoms with Crippen LogP contribution in [0, 0.1) is 6.92 Å². The van der Waals surface area contributed by atoms with E-state index in [0.29, 0.717) is 0 Å². The van der Waals surface area contributed by atoms with Crippen LogP contribution in [0.25, 0.3) is 0 Å². The summed E-state index contributed by atoms with van der Waals surface area (Å²) in [4.78, 5) is 1.33. The zero-order valence-corrected chi connectivity index (χ0v) is 11.5. The molecule has 0 aliphatic rings. The highest BCUT2D eigenvalue weighted by molar-refractivity contribution is 9.10. The van der Waals surface area contributed by atoms with Crippen LogP contribution < -0.4 is 0 Å². The summed E-state index contributed by atoms with van der Waals surface area (Å²) in [5.41, 5.74) is 2.67. The van der Waals surface area contributed by atoms with Crippen molar-refractivity contribution in [2.24, 2.45) is 0 Å². The highest BCUT2D eigenvalue weighted by Crippen LogP contribution is 2.24. The van der Waals surface area contributed by atoms with E-state index in [1.165, 1.54) is 16.0 Å². The summed E-state index contributed by atoms with van der Waals surface area (Å²) >= 11 is 5.37. The lowest BCUT2D eigenvalue weighted by Crippen LogP contribution is -1.81. The molecule has 2 heteroatoms. The third kappa shape index (κ3) is 3.39. The quantitative estimate of drug-likeness (QED) is 0.714. The molecule has 0 nitrogen and oxygen atoms in total. The lowest BCUT2D eigenvalue weighted by molar-refractivity contribution is 1.34. The van der Waals surface area contributed by atoms with Crippen molar-refractivity contribution >= 4 is 27.7 Å². The third-order valence-corrected chi connectivity index (χ3v) is 3.84. The molecule has 0 unspecified atom stereocenters. The minimum absolute atomic E-state index is 1.02. The molecule has 0 spiro atoms. The van der Waals surface area contributed by atoms with E-state index in [1.54, 1.807) is 0 Å². The molecule has 0 aliphatic heterocycles. The first-order valence-electron chi connectivity index (χ1n) is 5.18. The summed E-state index contributed by atoms with van der Waals surface area (Å²) in [6.07, 6.45) is 0. The highest BCUT2D eigenvalue weighted by atomic mass is 79.9. The minimum Gasteiger partial charge on any atom is -0.121 e. The summed E-state index contributed by atoms with van der Waals surface area (Å²) in [6, 6.07) is 17.1. The lowest BCUT2D eigenvalue weighted by Gasteiger charge is -2.03. The van der Waals surface area contributed by atoms with E-state index in [4.69, 9.17) is 0 Å². The van der Waals surface area contributed by atoms with Crippen molar-refractivity contribution in [2.45, 2.75) is 17.6 Å². The molecule has 0 atom stereocenters. The van der Waals surface area contributed by atoms with Gasteiger partial charge < -0.3 is 0 Å². The van der Waals surface area contributed by atoms with Gasteiger partial charge in [0, 0.05) is 15.1 Å². The van der Waals surface area contributed by atoms with Crippen molar-refractivity contribution < 1.29 is 0 Å². The van der Waals surface area contributed by atoms with Crippen LogP contribution in [0.1, 0.15) is 11.1 Å². The normalized spacial score (nSPS) is 10.4. The lowest BCUT2D eigenvalue weighted by atomic mass is 10.2. The van der Waals surface area contributed by atoms with Gasteiger partial charge >= 0.3 is 0 Å². The van der Waals surface area contributed by atoms with Crippen LogP contribution in [0.4, 0.5) is 0 Å². The van der Waals surface area contributed by atoms with Gasteiger partial charge in [0.1, 0.15) is 0 Å². The molecule has 0 radical (unpaired) electrons. The average Bonchev–Trinajstić information content (AvgIpc) is 2.27. The molecule has 2 aromatic rings. The Balaban J connectivity index is 2.02. The molecular formula is C14H13BrS. The largest absolute Gasteiger partial charge is 0.121 e. The number of thioether (sulfide) groups is 1. The van der Waals surface area contributed by atoms with Crippen LogP contribution in [-0.4, -0.2) is 0 Å². The number of halogens is 1. The van der Waals surface area contributed by atoms with Gasteiger partial charge in [0.15, 0.2) is 0 Å². The molecule has 0 amide bonds. The van der Waals surface area contributed by atoms with Gasteiger partial charge in [-0.05, 0) is 36.8 Å². The predicted octanol–water partition coefficient (Wildman–Crippen LogP) is 5.05. The summed E-state index contributed by atoms with van der Waals surface area (Å²) in [5, 5.41) is 0. The van der Waals surface area contributed by atoms with Gasteiger partial charge in [-0.15, -0.1) is 11.8 Å². The molecule has 0 N–H and O–H groups in total. The maximum Gasteiger partial charge on any atom is 0.0232 e. The van der Waals surface area contributed by atoms with Crippen LogP contribution in [0.15, 0.2) is 57.9 Å². The smallest absolute Gasteiger partial charge is 0.0232 e. The molecule has 0 saturated heterocycles. The minimum atomic E-state index is 1.02. The fraction of sp³-hybridized carbons (Fsp3) is 0.143. The Kier molecular flexibility index (Phi) is 4.08. The van der Waals surface area contributed by atoms with E-state index in [-0.39, 0.29) is 0 Å². The van der Waals surface area contributed by atoms with Crippen LogP contribution in [0.3, 0.4) is 0 Å². The predicted molar refractivity (Wildman–Crippen MR) is 74.9 cm³/mol. The number of benzene rings is 2. The van der Waals surface area contributed by atoms with E-state index in [2.05, 4.69) is 71.4 Å². The Hall–Kier alpha value is -0.730. The van der Waals surface area contributed by atoms with Crippen molar-refractivity contribution in [2.75, 3.05) is 0 Å². The molecule has 0 aliphatic carbocycles. The van der Waals surface area contributed by atoms with Crippen LogP contribution in [0.5, 0.6) is 0 Å². The van der Waals surface area contributed by atoms with Crippen LogP contribution in [-0.2, 0) is 5.75 Å². The fourth-order valence-electron chi connectivity index (χ4n) is 1.50. The van der Waals surface area contributed by atoms with Gasteiger partial charge in [-0.1, -0.05) is 45.8 Å². The van der Waals surface area contributed by atoms with Gasteiger partial charge in [0.05, 0.1) is 0 Å². The zero-order chi connectivity index (χ0) is 11.4. The van der Waals surface area contributed by atoms with Crippen LogP contribution in [0.2, 0.25) is 0 Å². The Labute approximate surface area is 109 Å². The Morgan fingerprint density at radius 2 is 1.88 bits per heavy atom. The molecule has 16 heavy (non-hydrogen) atoms. The van der Waals surface area contributed by atoms with E-state index >= 15 is 0 Å². The molecule has 0 heterocycles. The van der Waals surface area contributed by atoms with Gasteiger partial charge in [0.25, 0.3) is 0 Å². The molecular weight excluding hydrogens is 280 g/mol. The molecule has 0 saturated carbocycles. The van der Waals surface area contributed by atoms with Crippen molar-refractivity contribution in [3.63, 3.8) is 0 Å². The SMILES string of the molecule is Cc1cccc(SCc2cccc(Br)c2)c1. The van der Waals surface area contributed by atoms with Crippen LogP contribution >= 0.6 is 27.7 Å². The second-order valence-corrected chi connectivity index (χ2v) is 5.70. The molecule has 2 rings (SSSR count). The third-order valence-electron chi connectivity index (χ3n) is 2.28. The number of hydrogen-bond acceptors (Lipinski definition) is 1. The number of hydrogen-bond donors (Lipinski definition) is 0. The molecule has 0 aromatic heterocycles. The second-order valence-electron chi connectivity index (χ2n) is 3.74. The standard InChI is InChI=1S/C14H13BrS/c1-11-4-2-7-14(8-11)16-10-12-5-3-6-13(15)9-12/h2-9H,10H2,1H3. The summed E-state index contributed by atoms with van der Waals surface area (Å²) in [5.74, 6) is 1.02. The zero-order valence-electron chi connectivity index (χ0n) is 9.11. The maximum absolute atomic E-state index is 3.49. The maximum atomic E-state index is 3.49. The fourth-order valence-corrected chi connectivity index (χ4v) is 2.90. The van der Waals surface area contributed by atoms with Crippen molar-refractivity contribution in [1.82, 2.24) is 0 Å². The monoisotopic (exact) mass is 292 g/mol. The van der Waals surface area contributed by atoms with Gasteiger partial charge in [-0.3, -0.25) is 0 Å². The average molecular weight is 293 g/mol. The first kappa shape index (κ1) is 11.7. The first-order chi connectivity index (χ1) is 7.74.